The summed E-state index contributed by atoms with van der Waals surface area (Å²) in [4.78, 5) is 29.4. The van der Waals surface area contributed by atoms with Gasteiger partial charge in [-0.05, 0) is 87.0 Å². The number of carbonyl (C=O) groups excluding carboxylic acids is 2. The first kappa shape index (κ1) is 39.0. The van der Waals surface area contributed by atoms with Crippen LogP contribution < -0.4 is 15.4 Å². The van der Waals surface area contributed by atoms with E-state index >= 15 is 0 Å². The molecule has 1 aliphatic heterocycles. The van der Waals surface area contributed by atoms with Gasteiger partial charge in [0.25, 0.3) is 5.91 Å². The van der Waals surface area contributed by atoms with Crippen LogP contribution in [0.25, 0.3) is 10.8 Å². The number of benzene rings is 4. The van der Waals surface area contributed by atoms with Crippen LogP contribution in [-0.4, -0.2) is 86.3 Å². The molecule has 0 radical (unpaired) electrons. The Kier molecular flexibility index (Phi) is 13.2. The lowest BCUT2D eigenvalue weighted by Gasteiger charge is -2.35. The van der Waals surface area contributed by atoms with E-state index in [1.165, 1.54) is 35.6 Å². The molecule has 4 aromatic rings. The Morgan fingerprint density at radius 2 is 1.75 bits per heavy atom. The van der Waals surface area contributed by atoms with Crippen LogP contribution >= 0.6 is 11.6 Å². The summed E-state index contributed by atoms with van der Waals surface area (Å²) in [7, 11) is -2.36. The number of rotatable bonds is 8. The Morgan fingerprint density at radius 1 is 1.02 bits per heavy atom. The van der Waals surface area contributed by atoms with Crippen molar-refractivity contribution in [2.45, 2.75) is 63.2 Å². The number of hydrogen-bond acceptors (Lipinski definition) is 7. The number of ether oxygens (including phenoxy) is 2. The summed E-state index contributed by atoms with van der Waals surface area (Å²) in [5, 5.41) is 18.4. The van der Waals surface area contributed by atoms with Crippen molar-refractivity contribution in [3.63, 3.8) is 0 Å². The van der Waals surface area contributed by atoms with Crippen LogP contribution in [0.3, 0.4) is 0 Å². The molecule has 1 heterocycles. The van der Waals surface area contributed by atoms with Gasteiger partial charge in [-0.25, -0.2) is 13.2 Å². The van der Waals surface area contributed by atoms with Crippen LogP contribution in [0.1, 0.15) is 50.4 Å². The maximum absolute atomic E-state index is 14.5. The smallest absolute Gasteiger partial charge is 0.323 e. The van der Waals surface area contributed by atoms with Gasteiger partial charge in [0.2, 0.25) is 10.0 Å². The van der Waals surface area contributed by atoms with Gasteiger partial charge < -0.3 is 30.1 Å². The first-order chi connectivity index (χ1) is 24.9. The predicted molar refractivity (Wildman–Crippen MR) is 205 cm³/mol. The van der Waals surface area contributed by atoms with E-state index in [2.05, 4.69) is 10.6 Å². The van der Waals surface area contributed by atoms with E-state index in [0.29, 0.717) is 35.2 Å². The van der Waals surface area contributed by atoms with Gasteiger partial charge in [0.15, 0.2) is 0 Å². The molecule has 0 unspecified atom stereocenters. The molecule has 0 aliphatic carbocycles. The van der Waals surface area contributed by atoms with Crippen molar-refractivity contribution in [2.24, 2.45) is 5.92 Å². The number of likely N-dealkylation sites (N-methyl/N-ethyl adjacent to an activating group) is 1. The minimum absolute atomic E-state index is 0.0393. The van der Waals surface area contributed by atoms with E-state index in [9.17, 15) is 23.1 Å². The molecular weight excluding hydrogens is 704 g/mol. The summed E-state index contributed by atoms with van der Waals surface area (Å²) < 4.78 is 40.9. The quantitative estimate of drug-likeness (QED) is 0.173. The van der Waals surface area contributed by atoms with Gasteiger partial charge >= 0.3 is 6.03 Å². The number of aliphatic hydroxyl groups is 1. The van der Waals surface area contributed by atoms with Crippen molar-refractivity contribution in [3.05, 3.63) is 95.5 Å². The Labute approximate surface area is 310 Å². The van der Waals surface area contributed by atoms with Gasteiger partial charge in [0.05, 0.1) is 41.0 Å². The van der Waals surface area contributed by atoms with E-state index in [0.717, 1.165) is 23.6 Å². The zero-order valence-corrected chi connectivity index (χ0v) is 31.5. The average Bonchev–Trinajstić information content (AvgIpc) is 3.13. The summed E-state index contributed by atoms with van der Waals surface area (Å²) in [6.07, 6.45) is 1.38. The number of sulfonamides is 1. The van der Waals surface area contributed by atoms with Crippen LogP contribution in [0, 0.1) is 5.92 Å². The fraction of sp³-hybridized carbons (Fsp3) is 0.385. The molecule has 0 spiro atoms. The number of amides is 3. The number of nitrogens with zero attached hydrogens (tertiary/aromatic N) is 2. The maximum Gasteiger partial charge on any atom is 0.323 e. The maximum atomic E-state index is 14.5. The highest BCUT2D eigenvalue weighted by Gasteiger charge is 2.32. The number of aliphatic hydroxyl groups excluding tert-OH is 1. The number of hydrogen-bond donors (Lipinski definition) is 3. The molecule has 0 saturated heterocycles. The average molecular weight is 751 g/mol. The fourth-order valence-corrected chi connectivity index (χ4v) is 7.53. The third-order valence-corrected chi connectivity index (χ3v) is 11.4. The van der Waals surface area contributed by atoms with Crippen LogP contribution in [0.4, 0.5) is 16.2 Å². The highest BCUT2D eigenvalue weighted by atomic mass is 35.5. The lowest BCUT2D eigenvalue weighted by atomic mass is 10.0. The van der Waals surface area contributed by atoms with Gasteiger partial charge in [-0.15, -0.1) is 0 Å². The van der Waals surface area contributed by atoms with Gasteiger partial charge in [0, 0.05) is 48.8 Å². The molecule has 1 aliphatic rings. The second-order valence-corrected chi connectivity index (χ2v) is 15.8. The summed E-state index contributed by atoms with van der Waals surface area (Å²) in [6, 6.07) is 23.2. The number of urea groups is 1. The molecule has 52 heavy (non-hydrogen) atoms. The van der Waals surface area contributed by atoms with Gasteiger partial charge in [-0.1, -0.05) is 54.9 Å². The lowest BCUT2D eigenvalue weighted by Crippen LogP contribution is -2.48. The SMILES string of the molecule is C[C@@H]1CN([C@H](C)CO)C(=O)c2cc(NC(=O)Nc3cccc4ccccc34)ccc2O[C@@H](C)CCCCO[C@@H]1CN(C)S(=O)(=O)c1ccc(Cl)cc1. The van der Waals surface area contributed by atoms with E-state index in [4.69, 9.17) is 21.1 Å². The van der Waals surface area contributed by atoms with Crippen molar-refractivity contribution >= 4 is 55.7 Å². The molecule has 0 aromatic heterocycles. The third-order valence-electron chi connectivity index (χ3n) is 9.31. The number of carbonyl (C=O) groups is 2. The zero-order chi connectivity index (χ0) is 37.4. The standard InChI is InChI=1S/C39H47ClN4O7S/c1-26-23-44(27(2)25-45)38(46)34-22-31(41-39(47)42-35-14-9-12-29-11-5-6-13-33(29)35)17-20-36(34)51-28(3)10-7-8-21-50-37(26)24-43(4)52(48,49)32-18-15-30(40)16-19-32/h5-6,9,11-20,22,26-28,37,45H,7-8,10,21,23-25H2,1-4H3,(H2,41,42,47)/t26-,27-,28+,37-/m1/s1. The monoisotopic (exact) mass is 750 g/mol. The molecule has 3 amide bonds. The van der Waals surface area contributed by atoms with E-state index in [-0.39, 0.29) is 42.2 Å². The second kappa shape index (κ2) is 17.5. The minimum atomic E-state index is -3.86. The Hall–Kier alpha value is -4.20. The minimum Gasteiger partial charge on any atom is -0.490 e. The molecule has 0 saturated carbocycles. The van der Waals surface area contributed by atoms with Crippen molar-refractivity contribution in [1.29, 1.82) is 0 Å². The van der Waals surface area contributed by atoms with Gasteiger partial charge in [0.1, 0.15) is 5.75 Å². The Morgan fingerprint density at radius 3 is 2.50 bits per heavy atom. The van der Waals surface area contributed by atoms with Crippen LogP contribution in [0.5, 0.6) is 5.75 Å². The molecule has 0 bridgehead atoms. The predicted octanol–water partition coefficient (Wildman–Crippen LogP) is 7.25. The molecule has 11 nitrogen and oxygen atoms in total. The summed E-state index contributed by atoms with van der Waals surface area (Å²) in [5.41, 5.74) is 1.24. The first-order valence-electron chi connectivity index (χ1n) is 17.5. The normalized spacial score (nSPS) is 19.7. The lowest BCUT2D eigenvalue weighted by molar-refractivity contribution is -0.00833. The van der Waals surface area contributed by atoms with Crippen molar-refractivity contribution in [3.8, 4) is 5.75 Å². The van der Waals surface area contributed by atoms with Gasteiger partial charge in [-0.2, -0.15) is 4.31 Å². The largest absolute Gasteiger partial charge is 0.490 e. The second-order valence-electron chi connectivity index (χ2n) is 13.4. The molecular formula is C39H47ClN4O7S. The first-order valence-corrected chi connectivity index (χ1v) is 19.3. The van der Waals surface area contributed by atoms with E-state index in [1.807, 2.05) is 56.3 Å². The van der Waals surface area contributed by atoms with E-state index in [1.54, 1.807) is 30.0 Å². The number of halogens is 1. The molecule has 4 aromatic carbocycles. The Bertz CT molecular complexity index is 1950. The summed E-state index contributed by atoms with van der Waals surface area (Å²) >= 11 is 6.00. The molecule has 13 heteroatoms. The zero-order valence-electron chi connectivity index (χ0n) is 29.9. The molecule has 3 N–H and O–H groups in total. The molecule has 0 fully saturated rings. The highest BCUT2D eigenvalue weighted by molar-refractivity contribution is 7.89. The van der Waals surface area contributed by atoms with Crippen LogP contribution in [0.2, 0.25) is 5.02 Å². The van der Waals surface area contributed by atoms with Crippen molar-refractivity contribution in [1.82, 2.24) is 9.21 Å². The third kappa shape index (κ3) is 9.61. The van der Waals surface area contributed by atoms with Crippen molar-refractivity contribution < 1.29 is 32.6 Å². The van der Waals surface area contributed by atoms with Crippen LogP contribution in [0.15, 0.2) is 89.8 Å². The van der Waals surface area contributed by atoms with Crippen molar-refractivity contribution in [2.75, 3.05) is 44.0 Å². The topological polar surface area (TPSA) is 138 Å². The van der Waals surface area contributed by atoms with Crippen LogP contribution in [-0.2, 0) is 14.8 Å². The fourth-order valence-electron chi connectivity index (χ4n) is 6.22. The Balaban J connectivity index is 1.41. The van der Waals surface area contributed by atoms with E-state index < -0.39 is 34.1 Å². The molecule has 278 valence electrons. The highest BCUT2D eigenvalue weighted by Crippen LogP contribution is 2.30. The van der Waals surface area contributed by atoms with Gasteiger partial charge in [-0.3, -0.25) is 4.79 Å². The summed E-state index contributed by atoms with van der Waals surface area (Å²) in [5.74, 6) is -0.398. The number of anilines is 2. The molecule has 4 atom stereocenters. The number of nitrogens with one attached hydrogen (secondary N) is 2. The molecule has 5 rings (SSSR count). The number of fused-ring (bicyclic) bond motifs is 2. The summed E-state index contributed by atoms with van der Waals surface area (Å²) in [6.45, 7) is 5.84.